The van der Waals surface area contributed by atoms with E-state index >= 15 is 0 Å². The van der Waals surface area contributed by atoms with Crippen LogP contribution in [0.4, 0.5) is 0 Å². The van der Waals surface area contributed by atoms with Gasteiger partial charge in [0, 0.05) is 6.42 Å². The summed E-state index contributed by atoms with van der Waals surface area (Å²) in [5.41, 5.74) is 0. The van der Waals surface area contributed by atoms with Gasteiger partial charge in [0.1, 0.15) is 0 Å². The number of hydrogen-bond acceptors (Lipinski definition) is 3. The quantitative estimate of drug-likeness (QED) is 0.0443. The molecule has 4 heteroatoms. The zero-order valence-corrected chi connectivity index (χ0v) is 33.2. The molecular weight excluding hydrogens is 602 g/mol. The van der Waals surface area contributed by atoms with E-state index in [0.29, 0.717) is 6.42 Å². The Bertz CT molecular complexity index is 705. The second-order valence-corrected chi connectivity index (χ2v) is 15.1. The molecule has 2 atom stereocenters. The first-order valence-electron chi connectivity index (χ1n) is 22.1. The van der Waals surface area contributed by atoms with E-state index in [1.165, 1.54) is 193 Å². The van der Waals surface area contributed by atoms with E-state index in [0.717, 1.165) is 25.7 Å². The number of nitrogens with one attached hydrogen (secondary N) is 1. The number of aliphatic hydroxyl groups excluding tert-OH is 2. The van der Waals surface area contributed by atoms with Crippen LogP contribution in [0.25, 0.3) is 0 Å². The molecule has 0 aromatic rings. The minimum absolute atomic E-state index is 0.0636. The van der Waals surface area contributed by atoms with Crippen molar-refractivity contribution >= 4 is 5.91 Å². The Balaban J connectivity index is 3.45. The minimum Gasteiger partial charge on any atom is -0.394 e. The number of carbonyl (C=O) groups is 1. The van der Waals surface area contributed by atoms with Gasteiger partial charge in [-0.05, 0) is 44.9 Å². The predicted molar refractivity (Wildman–Crippen MR) is 216 cm³/mol. The Kier molecular flexibility index (Phi) is 40.3. The fourth-order valence-corrected chi connectivity index (χ4v) is 6.76. The van der Waals surface area contributed by atoms with E-state index in [-0.39, 0.29) is 12.5 Å². The second-order valence-electron chi connectivity index (χ2n) is 15.1. The highest BCUT2D eigenvalue weighted by atomic mass is 16.3. The summed E-state index contributed by atoms with van der Waals surface area (Å²) < 4.78 is 0. The van der Waals surface area contributed by atoms with Gasteiger partial charge >= 0.3 is 0 Å². The van der Waals surface area contributed by atoms with Gasteiger partial charge in [0.15, 0.2) is 0 Å². The van der Waals surface area contributed by atoms with Crippen molar-refractivity contribution in [3.05, 3.63) is 24.3 Å². The molecular formula is C45H87NO3. The topological polar surface area (TPSA) is 69.6 Å². The Morgan fingerprint density at radius 2 is 0.776 bits per heavy atom. The van der Waals surface area contributed by atoms with Gasteiger partial charge in [-0.2, -0.15) is 0 Å². The molecule has 0 radical (unpaired) electrons. The van der Waals surface area contributed by atoms with Gasteiger partial charge in [-0.25, -0.2) is 0 Å². The van der Waals surface area contributed by atoms with Crippen LogP contribution >= 0.6 is 0 Å². The predicted octanol–water partition coefficient (Wildman–Crippen LogP) is 13.6. The molecule has 0 aromatic heterocycles. The van der Waals surface area contributed by atoms with E-state index < -0.39 is 12.1 Å². The molecule has 0 saturated heterocycles. The van der Waals surface area contributed by atoms with Gasteiger partial charge in [0.05, 0.1) is 18.8 Å². The molecule has 0 bridgehead atoms. The fraction of sp³-hybridized carbons (Fsp3) is 0.889. The van der Waals surface area contributed by atoms with Crippen molar-refractivity contribution in [1.82, 2.24) is 5.32 Å². The summed E-state index contributed by atoms with van der Waals surface area (Å²) in [4.78, 5) is 12.3. The lowest BCUT2D eigenvalue weighted by molar-refractivity contribution is -0.123. The van der Waals surface area contributed by atoms with Gasteiger partial charge < -0.3 is 15.5 Å². The van der Waals surface area contributed by atoms with Crippen LogP contribution in [0, 0.1) is 0 Å². The van der Waals surface area contributed by atoms with Gasteiger partial charge in [0.2, 0.25) is 5.91 Å². The van der Waals surface area contributed by atoms with Gasteiger partial charge in [-0.3, -0.25) is 4.79 Å². The van der Waals surface area contributed by atoms with E-state index in [1.807, 2.05) is 6.08 Å². The largest absolute Gasteiger partial charge is 0.394 e. The van der Waals surface area contributed by atoms with Crippen LogP contribution in [0.2, 0.25) is 0 Å². The van der Waals surface area contributed by atoms with Crippen molar-refractivity contribution < 1.29 is 15.0 Å². The van der Waals surface area contributed by atoms with Crippen LogP contribution in [-0.4, -0.2) is 34.9 Å². The average molecular weight is 690 g/mol. The molecule has 1 amide bonds. The summed E-state index contributed by atoms with van der Waals surface area (Å²) in [5, 5.41) is 22.9. The smallest absolute Gasteiger partial charge is 0.220 e. The van der Waals surface area contributed by atoms with E-state index in [1.54, 1.807) is 6.08 Å². The molecule has 0 heterocycles. The first-order chi connectivity index (χ1) is 24.2. The number of hydrogen-bond donors (Lipinski definition) is 3. The molecule has 0 aromatic carbocycles. The lowest BCUT2D eigenvalue weighted by Crippen LogP contribution is -2.45. The summed E-state index contributed by atoms with van der Waals surface area (Å²) in [6.45, 7) is 4.30. The van der Waals surface area contributed by atoms with Crippen molar-refractivity contribution in [1.29, 1.82) is 0 Å². The number of unbranched alkanes of at least 4 members (excludes halogenated alkanes) is 31. The SMILES string of the molecule is CCCCCCCCCC/C=C\CCCCCCCCCCCCCCCCCC(=O)NC(CO)C(O)/C=C/CCCCCCCCCC. The first-order valence-corrected chi connectivity index (χ1v) is 22.1. The molecule has 2 unspecified atom stereocenters. The molecule has 0 aliphatic carbocycles. The molecule has 0 rings (SSSR count). The van der Waals surface area contributed by atoms with Crippen molar-refractivity contribution in [2.24, 2.45) is 0 Å². The standard InChI is InChI=1S/C45H87NO3/c1-3-5-7-9-11-13-15-16-17-18-19-20-21-22-23-24-25-26-27-28-29-30-31-33-35-37-39-41-45(49)46-43(42-47)44(48)40-38-36-34-32-14-12-10-8-6-4-2/h18-19,38,40,43-44,47-48H,3-17,20-37,39,41-42H2,1-2H3,(H,46,49)/b19-18-,40-38+. The third-order valence-corrected chi connectivity index (χ3v) is 10.2. The third-order valence-electron chi connectivity index (χ3n) is 10.2. The van der Waals surface area contributed by atoms with Crippen molar-refractivity contribution in [3.8, 4) is 0 Å². The lowest BCUT2D eigenvalue weighted by Gasteiger charge is -2.20. The summed E-state index contributed by atoms with van der Waals surface area (Å²) >= 11 is 0. The Hall–Kier alpha value is -1.13. The van der Waals surface area contributed by atoms with Gasteiger partial charge in [-0.15, -0.1) is 0 Å². The maximum atomic E-state index is 12.3. The van der Waals surface area contributed by atoms with E-state index in [4.69, 9.17) is 0 Å². The van der Waals surface area contributed by atoms with Gasteiger partial charge in [-0.1, -0.05) is 212 Å². The summed E-state index contributed by atoms with van der Waals surface area (Å²) in [7, 11) is 0. The number of carbonyl (C=O) groups excluding carboxylic acids is 1. The van der Waals surface area contributed by atoms with Crippen molar-refractivity contribution in [2.45, 2.75) is 251 Å². The second kappa shape index (κ2) is 41.3. The molecule has 3 N–H and O–H groups in total. The fourth-order valence-electron chi connectivity index (χ4n) is 6.76. The van der Waals surface area contributed by atoms with Crippen LogP contribution in [0.5, 0.6) is 0 Å². The summed E-state index contributed by atoms with van der Waals surface area (Å²) in [5.74, 6) is -0.0636. The monoisotopic (exact) mass is 690 g/mol. The zero-order valence-electron chi connectivity index (χ0n) is 33.2. The highest BCUT2D eigenvalue weighted by Crippen LogP contribution is 2.15. The zero-order chi connectivity index (χ0) is 35.7. The van der Waals surface area contributed by atoms with Crippen LogP contribution in [0.1, 0.15) is 239 Å². The number of amides is 1. The Morgan fingerprint density at radius 1 is 0.469 bits per heavy atom. The number of allylic oxidation sites excluding steroid dienone is 3. The normalized spacial score (nSPS) is 13.1. The molecule has 0 saturated carbocycles. The van der Waals surface area contributed by atoms with Crippen molar-refractivity contribution in [3.63, 3.8) is 0 Å². The lowest BCUT2D eigenvalue weighted by atomic mass is 10.0. The molecule has 0 aliphatic rings. The van der Waals surface area contributed by atoms with Crippen LogP contribution in [0.15, 0.2) is 24.3 Å². The third kappa shape index (κ3) is 37.9. The molecule has 0 spiro atoms. The van der Waals surface area contributed by atoms with Crippen LogP contribution < -0.4 is 5.32 Å². The Morgan fingerprint density at radius 3 is 1.12 bits per heavy atom. The van der Waals surface area contributed by atoms with E-state index in [9.17, 15) is 15.0 Å². The maximum Gasteiger partial charge on any atom is 0.220 e. The molecule has 0 fully saturated rings. The maximum absolute atomic E-state index is 12.3. The first kappa shape index (κ1) is 47.9. The molecule has 49 heavy (non-hydrogen) atoms. The minimum atomic E-state index is -0.834. The molecule has 0 aliphatic heterocycles. The number of aliphatic hydroxyl groups is 2. The molecule has 290 valence electrons. The average Bonchev–Trinajstić information content (AvgIpc) is 3.10. The summed E-state index contributed by atoms with van der Waals surface area (Å²) in [6, 6.07) is -0.617. The van der Waals surface area contributed by atoms with Crippen LogP contribution in [0.3, 0.4) is 0 Å². The van der Waals surface area contributed by atoms with Gasteiger partial charge in [0.25, 0.3) is 0 Å². The Labute approximate surface area is 307 Å². The molecule has 4 nitrogen and oxygen atoms in total. The van der Waals surface area contributed by atoms with Crippen molar-refractivity contribution in [2.75, 3.05) is 6.61 Å². The van der Waals surface area contributed by atoms with E-state index in [2.05, 4.69) is 31.3 Å². The highest BCUT2D eigenvalue weighted by Gasteiger charge is 2.17. The summed E-state index contributed by atoms with van der Waals surface area (Å²) in [6.07, 6.45) is 53.0. The van der Waals surface area contributed by atoms with Crippen LogP contribution in [-0.2, 0) is 4.79 Å². The number of rotatable bonds is 40. The highest BCUT2D eigenvalue weighted by molar-refractivity contribution is 5.76.